The lowest BCUT2D eigenvalue weighted by Crippen LogP contribution is -2.51. The van der Waals surface area contributed by atoms with Crippen molar-refractivity contribution in [3.8, 4) is 17.0 Å². The number of likely N-dealkylation sites (N-methyl/N-ethyl adjacent to an activating group) is 2. The van der Waals surface area contributed by atoms with E-state index in [1.54, 1.807) is 62.3 Å². The number of rotatable bonds is 8. The number of fused-ring (bicyclic) bond motifs is 1. The smallest absolute Gasteiger partial charge is 0.259 e. The molecule has 1 aromatic carbocycles. The predicted octanol–water partition coefficient (Wildman–Crippen LogP) is 1.69. The zero-order valence-corrected chi connectivity index (χ0v) is 23.3. The molecule has 0 radical (unpaired) electrons. The van der Waals surface area contributed by atoms with Gasteiger partial charge in [0.1, 0.15) is 11.7 Å². The van der Waals surface area contributed by atoms with Gasteiger partial charge in [0.05, 0.1) is 25.7 Å². The Morgan fingerprint density at radius 2 is 1.79 bits per heavy atom. The quantitative estimate of drug-likeness (QED) is 0.559. The van der Waals surface area contributed by atoms with Crippen LogP contribution in [0.15, 0.2) is 36.5 Å². The molecule has 3 rings (SSSR count). The summed E-state index contributed by atoms with van der Waals surface area (Å²) < 4.78 is 6.30. The van der Waals surface area contributed by atoms with Gasteiger partial charge in [-0.3, -0.25) is 14.4 Å². The molecule has 0 unspecified atom stereocenters. The largest absolute Gasteiger partial charge is 0.472 e. The van der Waals surface area contributed by atoms with Gasteiger partial charge in [0.25, 0.3) is 11.8 Å². The first kappa shape index (κ1) is 29.1. The van der Waals surface area contributed by atoms with Gasteiger partial charge >= 0.3 is 0 Å². The monoisotopic (exact) mass is 525 g/mol. The van der Waals surface area contributed by atoms with Crippen LogP contribution in [-0.4, -0.2) is 121 Å². The van der Waals surface area contributed by atoms with E-state index in [0.717, 1.165) is 5.56 Å². The van der Waals surface area contributed by atoms with E-state index in [-0.39, 0.29) is 48.2 Å². The lowest BCUT2D eigenvalue weighted by atomic mass is 9.99. The van der Waals surface area contributed by atoms with Crippen LogP contribution in [-0.2, 0) is 4.79 Å². The molecule has 10 heteroatoms. The summed E-state index contributed by atoms with van der Waals surface area (Å²) in [5.74, 6) is -0.349. The van der Waals surface area contributed by atoms with Crippen molar-refractivity contribution in [2.75, 3.05) is 61.5 Å². The molecule has 0 aliphatic carbocycles. The molecule has 38 heavy (non-hydrogen) atoms. The van der Waals surface area contributed by atoms with Gasteiger partial charge in [0, 0.05) is 50.9 Å². The molecule has 0 spiro atoms. The molecule has 0 bridgehead atoms. The van der Waals surface area contributed by atoms with Crippen LogP contribution in [0.5, 0.6) is 5.88 Å². The molecule has 1 aliphatic rings. The van der Waals surface area contributed by atoms with Crippen LogP contribution in [0.1, 0.15) is 34.6 Å². The van der Waals surface area contributed by atoms with E-state index < -0.39 is 12.1 Å². The Bertz CT molecular complexity index is 1150. The number of carbonyl (C=O) groups excluding carboxylic acids is 3. The van der Waals surface area contributed by atoms with Crippen LogP contribution in [0.2, 0.25) is 0 Å². The first-order chi connectivity index (χ1) is 17.9. The maximum atomic E-state index is 13.7. The molecule has 1 aliphatic heterocycles. The Balaban J connectivity index is 1.98. The van der Waals surface area contributed by atoms with Crippen molar-refractivity contribution in [1.29, 1.82) is 0 Å². The minimum Gasteiger partial charge on any atom is -0.472 e. The van der Waals surface area contributed by atoms with Gasteiger partial charge in [0.2, 0.25) is 11.8 Å². The van der Waals surface area contributed by atoms with Gasteiger partial charge in [-0.15, -0.1) is 0 Å². The fourth-order valence-corrected chi connectivity index (χ4v) is 4.30. The summed E-state index contributed by atoms with van der Waals surface area (Å²) in [6.07, 6.45) is 1.22. The molecule has 2 heterocycles. The maximum Gasteiger partial charge on any atom is 0.259 e. The van der Waals surface area contributed by atoms with E-state index in [9.17, 15) is 19.5 Å². The second-order valence-corrected chi connectivity index (χ2v) is 10.5. The molecule has 206 valence electrons. The Labute approximate surface area is 224 Å². The summed E-state index contributed by atoms with van der Waals surface area (Å²) in [6, 6.07) is 8.44. The highest BCUT2D eigenvalue weighted by molar-refractivity contribution is 5.98. The second kappa shape index (κ2) is 12.4. The highest BCUT2D eigenvalue weighted by Crippen LogP contribution is 2.30. The Hall–Kier alpha value is -3.50. The molecule has 3 atom stereocenters. The average molecular weight is 526 g/mol. The lowest BCUT2D eigenvalue weighted by Gasteiger charge is -2.37. The number of benzene rings is 1. The fraction of sp³-hybridized carbons (Fsp3) is 0.500. The SMILES string of the molecule is C[C@H]1CN([C@@H](C)CO)C(=O)c2cc(-c3ccc(C(=O)N(C)C)cc3)cnc2O[C@@H]1CN(C)C(=O)CN(C)C. The van der Waals surface area contributed by atoms with Gasteiger partial charge < -0.3 is 29.4 Å². The number of carbonyl (C=O) groups is 3. The van der Waals surface area contributed by atoms with E-state index in [1.165, 1.54) is 4.90 Å². The third-order valence-electron chi connectivity index (χ3n) is 6.72. The minimum absolute atomic E-state index is 0.0377. The molecule has 10 nitrogen and oxygen atoms in total. The number of ether oxygens (including phenoxy) is 1. The van der Waals surface area contributed by atoms with Crippen LogP contribution in [0.25, 0.3) is 11.1 Å². The summed E-state index contributed by atoms with van der Waals surface area (Å²) in [6.45, 7) is 4.54. The third kappa shape index (κ3) is 6.68. The van der Waals surface area contributed by atoms with E-state index >= 15 is 0 Å². The van der Waals surface area contributed by atoms with Crippen molar-refractivity contribution in [3.63, 3.8) is 0 Å². The summed E-state index contributed by atoms with van der Waals surface area (Å²) in [7, 11) is 8.81. The lowest BCUT2D eigenvalue weighted by molar-refractivity contribution is -0.132. The first-order valence-electron chi connectivity index (χ1n) is 12.7. The molecular formula is C28H39N5O5. The fourth-order valence-electron chi connectivity index (χ4n) is 4.30. The zero-order valence-electron chi connectivity index (χ0n) is 23.3. The molecule has 1 N–H and O–H groups in total. The van der Waals surface area contributed by atoms with Crippen LogP contribution < -0.4 is 4.74 Å². The van der Waals surface area contributed by atoms with Crippen molar-refractivity contribution in [2.45, 2.75) is 26.0 Å². The first-order valence-corrected chi connectivity index (χ1v) is 12.7. The predicted molar refractivity (Wildman–Crippen MR) is 145 cm³/mol. The number of aliphatic hydroxyl groups excluding tert-OH is 1. The van der Waals surface area contributed by atoms with E-state index in [1.807, 2.05) is 38.1 Å². The van der Waals surface area contributed by atoms with E-state index in [2.05, 4.69) is 4.98 Å². The highest BCUT2D eigenvalue weighted by Gasteiger charge is 2.34. The van der Waals surface area contributed by atoms with E-state index in [0.29, 0.717) is 24.2 Å². The molecule has 0 fully saturated rings. The Morgan fingerprint density at radius 3 is 2.37 bits per heavy atom. The van der Waals surface area contributed by atoms with Crippen LogP contribution in [0.4, 0.5) is 0 Å². The van der Waals surface area contributed by atoms with Crippen molar-refractivity contribution < 1.29 is 24.2 Å². The van der Waals surface area contributed by atoms with Gasteiger partial charge in [-0.1, -0.05) is 19.1 Å². The zero-order chi connectivity index (χ0) is 28.1. The van der Waals surface area contributed by atoms with Crippen molar-refractivity contribution in [2.24, 2.45) is 5.92 Å². The van der Waals surface area contributed by atoms with Crippen LogP contribution in [0, 0.1) is 5.92 Å². The number of hydrogen-bond acceptors (Lipinski definition) is 7. The second-order valence-electron chi connectivity index (χ2n) is 10.5. The maximum absolute atomic E-state index is 13.7. The van der Waals surface area contributed by atoms with Gasteiger partial charge in [-0.05, 0) is 44.8 Å². The molecular weight excluding hydrogens is 486 g/mol. The van der Waals surface area contributed by atoms with Gasteiger partial charge in [-0.25, -0.2) is 4.98 Å². The summed E-state index contributed by atoms with van der Waals surface area (Å²) >= 11 is 0. The van der Waals surface area contributed by atoms with Crippen molar-refractivity contribution in [1.82, 2.24) is 24.6 Å². The van der Waals surface area contributed by atoms with Gasteiger partial charge in [0.15, 0.2) is 0 Å². The number of nitrogens with zero attached hydrogens (tertiary/aromatic N) is 5. The summed E-state index contributed by atoms with van der Waals surface area (Å²) in [5.41, 5.74) is 2.34. The van der Waals surface area contributed by atoms with Crippen molar-refractivity contribution in [3.05, 3.63) is 47.7 Å². The van der Waals surface area contributed by atoms with Gasteiger partial charge in [-0.2, -0.15) is 0 Å². The molecule has 3 amide bonds. The Kier molecular flexibility index (Phi) is 9.45. The average Bonchev–Trinajstić information content (AvgIpc) is 2.89. The number of hydrogen-bond donors (Lipinski definition) is 1. The number of pyridine rings is 1. The normalized spacial score (nSPS) is 18.2. The number of amides is 3. The van der Waals surface area contributed by atoms with Crippen molar-refractivity contribution >= 4 is 17.7 Å². The number of aliphatic hydroxyl groups is 1. The molecule has 0 saturated carbocycles. The van der Waals surface area contributed by atoms with Crippen LogP contribution in [0.3, 0.4) is 0 Å². The standard InChI is InChI=1S/C28H39N5O5/c1-18-14-33(19(2)17-34)28(37)23-12-22(20-8-10-21(11-9-20)27(36)31(5)6)13-29-26(23)38-24(18)15-32(7)25(35)16-30(3)4/h8-13,18-19,24,34H,14-17H2,1-7H3/t18-,19-,24+/m0/s1. The Morgan fingerprint density at radius 1 is 1.13 bits per heavy atom. The third-order valence-corrected chi connectivity index (χ3v) is 6.72. The topological polar surface area (TPSA) is 107 Å². The minimum atomic E-state index is -0.416. The van der Waals surface area contributed by atoms with E-state index in [4.69, 9.17) is 4.74 Å². The summed E-state index contributed by atoms with van der Waals surface area (Å²) in [4.78, 5) is 49.6. The summed E-state index contributed by atoms with van der Waals surface area (Å²) in [5, 5.41) is 9.88. The molecule has 2 aromatic rings. The molecule has 1 aromatic heterocycles. The molecule has 0 saturated heterocycles. The number of aromatic nitrogens is 1. The van der Waals surface area contributed by atoms with Crippen LogP contribution >= 0.6 is 0 Å². The highest BCUT2D eigenvalue weighted by atomic mass is 16.5.